The van der Waals surface area contributed by atoms with E-state index in [9.17, 15) is 9.59 Å². The van der Waals surface area contributed by atoms with Crippen molar-refractivity contribution in [1.82, 2.24) is 4.98 Å². The lowest BCUT2D eigenvalue weighted by Crippen LogP contribution is -2.27. The number of anilines is 1. The fraction of sp³-hybridized carbons (Fsp3) is 0.0667. The van der Waals surface area contributed by atoms with Crippen LogP contribution in [-0.4, -0.2) is 23.2 Å². The number of benzene rings is 1. The first kappa shape index (κ1) is 13.5. The molecule has 2 amide bonds. The Balaban J connectivity index is 1.93. The minimum absolute atomic E-state index is 0.314. The van der Waals surface area contributed by atoms with Gasteiger partial charge in [-0.15, -0.1) is 0 Å². The first-order chi connectivity index (χ1) is 10.2. The van der Waals surface area contributed by atoms with Crippen LogP contribution in [0.5, 0.6) is 5.75 Å². The van der Waals surface area contributed by atoms with E-state index < -0.39 is 0 Å². The lowest BCUT2D eigenvalue weighted by atomic mass is 10.2. The van der Waals surface area contributed by atoms with E-state index in [0.717, 1.165) is 22.4 Å². The Morgan fingerprint density at radius 2 is 2.10 bits per heavy atom. The molecule has 0 atom stereocenters. The van der Waals surface area contributed by atoms with Crippen LogP contribution >= 0.6 is 11.8 Å². The van der Waals surface area contributed by atoms with Gasteiger partial charge in [-0.3, -0.25) is 9.59 Å². The molecule has 1 aliphatic rings. The maximum Gasteiger partial charge on any atom is 0.298 e. The van der Waals surface area contributed by atoms with Crippen LogP contribution in [0.1, 0.15) is 5.69 Å². The van der Waals surface area contributed by atoms with Crippen molar-refractivity contribution >= 4 is 34.7 Å². The van der Waals surface area contributed by atoms with Crippen LogP contribution in [0.25, 0.3) is 6.08 Å². The number of carbonyl (C=O) groups is 2. The Morgan fingerprint density at radius 3 is 2.81 bits per heavy atom. The van der Waals surface area contributed by atoms with Crippen LogP contribution in [-0.2, 0) is 4.79 Å². The normalized spacial score (nSPS) is 16.8. The highest BCUT2D eigenvalue weighted by Crippen LogP contribution is 2.36. The number of imide groups is 1. The molecule has 2 heterocycles. The van der Waals surface area contributed by atoms with Gasteiger partial charge >= 0.3 is 0 Å². The average molecular weight is 300 g/mol. The molecule has 2 aromatic rings. The Labute approximate surface area is 125 Å². The summed E-state index contributed by atoms with van der Waals surface area (Å²) in [6.45, 7) is 0. The quantitative estimate of drug-likeness (QED) is 0.884. The second-order valence-electron chi connectivity index (χ2n) is 4.34. The van der Waals surface area contributed by atoms with E-state index in [-0.39, 0.29) is 11.1 Å². The molecule has 0 unspecified atom stereocenters. The van der Waals surface area contributed by atoms with Gasteiger partial charge in [0.1, 0.15) is 5.75 Å². The van der Waals surface area contributed by atoms with Crippen LogP contribution in [0, 0.1) is 0 Å². The largest absolute Gasteiger partial charge is 0.497 e. The van der Waals surface area contributed by atoms with Crippen LogP contribution < -0.4 is 9.64 Å². The number of nitrogens with one attached hydrogen (secondary N) is 1. The molecule has 0 saturated carbocycles. The third-order valence-corrected chi connectivity index (χ3v) is 3.88. The Bertz CT molecular complexity index is 722. The fourth-order valence-electron chi connectivity index (χ4n) is 2.02. The van der Waals surface area contributed by atoms with Gasteiger partial charge in [0, 0.05) is 18.0 Å². The molecule has 0 aliphatic carbocycles. The molecule has 1 aromatic carbocycles. The topological polar surface area (TPSA) is 62.4 Å². The molecule has 21 heavy (non-hydrogen) atoms. The number of hydrogen-bond donors (Lipinski definition) is 1. The Hall–Kier alpha value is -2.47. The number of carbonyl (C=O) groups excluding carboxylic acids is 2. The molecular weight excluding hydrogens is 288 g/mol. The first-order valence-corrected chi connectivity index (χ1v) is 7.06. The van der Waals surface area contributed by atoms with E-state index in [1.165, 1.54) is 7.11 Å². The third-order valence-electron chi connectivity index (χ3n) is 3.01. The minimum Gasteiger partial charge on any atom is -0.497 e. The van der Waals surface area contributed by atoms with Gasteiger partial charge in [0.25, 0.3) is 11.1 Å². The molecule has 1 N–H and O–H groups in total. The molecule has 106 valence electrons. The molecule has 5 nitrogen and oxygen atoms in total. The van der Waals surface area contributed by atoms with Crippen LogP contribution in [0.15, 0.2) is 47.5 Å². The van der Waals surface area contributed by atoms with Crippen LogP contribution in [0.3, 0.4) is 0 Å². The molecule has 1 saturated heterocycles. The number of amides is 2. The lowest BCUT2D eigenvalue weighted by molar-refractivity contribution is -0.113. The number of rotatable bonds is 3. The highest BCUT2D eigenvalue weighted by atomic mass is 32.2. The van der Waals surface area contributed by atoms with Crippen molar-refractivity contribution in [3.63, 3.8) is 0 Å². The molecule has 0 spiro atoms. The summed E-state index contributed by atoms with van der Waals surface area (Å²) < 4.78 is 5.12. The molecule has 1 fully saturated rings. The summed E-state index contributed by atoms with van der Waals surface area (Å²) in [5.41, 5.74) is 1.29. The smallest absolute Gasteiger partial charge is 0.298 e. The Kier molecular flexibility index (Phi) is 3.53. The van der Waals surface area contributed by atoms with Crippen molar-refractivity contribution in [1.29, 1.82) is 0 Å². The van der Waals surface area contributed by atoms with E-state index in [1.807, 2.05) is 12.1 Å². The van der Waals surface area contributed by atoms with E-state index >= 15 is 0 Å². The van der Waals surface area contributed by atoms with E-state index in [4.69, 9.17) is 4.74 Å². The molecule has 6 heteroatoms. The number of hydrogen-bond acceptors (Lipinski definition) is 4. The third kappa shape index (κ3) is 2.57. The van der Waals surface area contributed by atoms with Gasteiger partial charge in [-0.05, 0) is 42.1 Å². The van der Waals surface area contributed by atoms with Gasteiger partial charge in [0.15, 0.2) is 0 Å². The first-order valence-electron chi connectivity index (χ1n) is 6.24. The van der Waals surface area contributed by atoms with Gasteiger partial charge in [0.05, 0.1) is 17.7 Å². The van der Waals surface area contributed by atoms with Gasteiger partial charge in [-0.1, -0.05) is 6.07 Å². The SMILES string of the molecule is COc1cccc(N2C(=O)S/C(=C/c3ccc[nH]3)C2=O)c1. The van der Waals surface area contributed by atoms with Gasteiger partial charge in [-0.25, -0.2) is 4.90 Å². The van der Waals surface area contributed by atoms with Gasteiger partial charge in [0.2, 0.25) is 0 Å². The minimum atomic E-state index is -0.326. The molecule has 0 radical (unpaired) electrons. The number of aromatic nitrogens is 1. The fourth-order valence-corrected chi connectivity index (χ4v) is 2.85. The predicted molar refractivity (Wildman–Crippen MR) is 82.2 cm³/mol. The van der Waals surface area contributed by atoms with E-state index in [0.29, 0.717) is 16.3 Å². The van der Waals surface area contributed by atoms with E-state index in [2.05, 4.69) is 4.98 Å². The summed E-state index contributed by atoms with van der Waals surface area (Å²) in [4.78, 5) is 29.0. The van der Waals surface area contributed by atoms with Gasteiger partial charge < -0.3 is 9.72 Å². The number of thioether (sulfide) groups is 1. The zero-order chi connectivity index (χ0) is 14.8. The summed E-state index contributed by atoms with van der Waals surface area (Å²) in [6.07, 6.45) is 3.43. The number of methoxy groups -OCH3 is 1. The van der Waals surface area contributed by atoms with Crippen LogP contribution in [0.2, 0.25) is 0 Å². The van der Waals surface area contributed by atoms with Crippen LogP contribution in [0.4, 0.5) is 10.5 Å². The molecule has 0 bridgehead atoms. The second kappa shape index (κ2) is 5.49. The zero-order valence-corrected chi connectivity index (χ0v) is 12.0. The molecule has 1 aliphatic heterocycles. The van der Waals surface area contributed by atoms with Crippen molar-refractivity contribution in [3.8, 4) is 5.75 Å². The lowest BCUT2D eigenvalue weighted by Gasteiger charge is -2.13. The number of H-pyrrole nitrogens is 1. The summed E-state index contributed by atoms with van der Waals surface area (Å²) >= 11 is 0.926. The number of aromatic amines is 1. The number of ether oxygens (including phenoxy) is 1. The summed E-state index contributed by atoms with van der Waals surface area (Å²) in [5.74, 6) is 0.271. The van der Waals surface area contributed by atoms with Crippen molar-refractivity contribution in [2.24, 2.45) is 0 Å². The van der Waals surface area contributed by atoms with Crippen molar-refractivity contribution in [2.45, 2.75) is 0 Å². The summed E-state index contributed by atoms with van der Waals surface area (Å²) in [6, 6.07) is 10.5. The zero-order valence-electron chi connectivity index (χ0n) is 11.2. The van der Waals surface area contributed by atoms with E-state index in [1.54, 1.807) is 36.5 Å². The standard InChI is InChI=1S/C15H12N2O3S/c1-20-12-6-2-5-11(9-12)17-14(18)13(21-15(17)19)8-10-4-3-7-16-10/h2-9,16H,1H3/b13-8+. The van der Waals surface area contributed by atoms with Crippen molar-refractivity contribution in [2.75, 3.05) is 12.0 Å². The maximum absolute atomic E-state index is 12.4. The van der Waals surface area contributed by atoms with Crippen molar-refractivity contribution < 1.29 is 14.3 Å². The average Bonchev–Trinajstić information content (AvgIpc) is 3.08. The van der Waals surface area contributed by atoms with Crippen molar-refractivity contribution in [3.05, 3.63) is 53.2 Å². The molecular formula is C15H12N2O3S. The van der Waals surface area contributed by atoms with Gasteiger partial charge in [-0.2, -0.15) is 0 Å². The summed E-state index contributed by atoms with van der Waals surface area (Å²) in [5, 5.41) is -0.314. The Morgan fingerprint density at radius 1 is 1.24 bits per heavy atom. The predicted octanol–water partition coefficient (Wildman–Crippen LogP) is 3.26. The summed E-state index contributed by atoms with van der Waals surface area (Å²) in [7, 11) is 1.54. The highest BCUT2D eigenvalue weighted by Gasteiger charge is 2.36. The second-order valence-corrected chi connectivity index (χ2v) is 5.34. The molecule has 3 rings (SSSR count). The highest BCUT2D eigenvalue weighted by molar-refractivity contribution is 8.19. The molecule has 1 aromatic heterocycles. The maximum atomic E-state index is 12.4. The monoisotopic (exact) mass is 300 g/mol. The number of nitrogens with zero attached hydrogens (tertiary/aromatic N) is 1.